The maximum atomic E-state index is 12.7. The van der Waals surface area contributed by atoms with Gasteiger partial charge in [0.1, 0.15) is 0 Å². The summed E-state index contributed by atoms with van der Waals surface area (Å²) in [5, 5.41) is 2.75. The molecular formula is C24H30N4O4S. The Morgan fingerprint density at radius 3 is 2.24 bits per heavy atom. The average molecular weight is 471 g/mol. The van der Waals surface area contributed by atoms with Gasteiger partial charge in [-0.25, -0.2) is 8.42 Å². The molecule has 0 radical (unpaired) electrons. The molecule has 8 nitrogen and oxygen atoms in total. The lowest BCUT2D eigenvalue weighted by Gasteiger charge is -2.36. The van der Waals surface area contributed by atoms with E-state index in [1.54, 1.807) is 12.1 Å². The lowest BCUT2D eigenvalue weighted by Crippen LogP contribution is -2.49. The fourth-order valence-electron chi connectivity index (χ4n) is 4.27. The molecule has 2 saturated heterocycles. The van der Waals surface area contributed by atoms with Crippen LogP contribution in [0.2, 0.25) is 0 Å². The van der Waals surface area contributed by atoms with Gasteiger partial charge in [0.05, 0.1) is 4.90 Å². The Morgan fingerprint density at radius 1 is 0.848 bits per heavy atom. The summed E-state index contributed by atoms with van der Waals surface area (Å²) < 4.78 is 26.9. The summed E-state index contributed by atoms with van der Waals surface area (Å²) in [6, 6.07) is 16.2. The van der Waals surface area contributed by atoms with Crippen LogP contribution < -0.4 is 10.2 Å². The van der Waals surface area contributed by atoms with Gasteiger partial charge in [-0.2, -0.15) is 4.31 Å². The van der Waals surface area contributed by atoms with E-state index in [9.17, 15) is 18.0 Å². The Labute approximate surface area is 195 Å². The van der Waals surface area contributed by atoms with Gasteiger partial charge in [-0.3, -0.25) is 9.59 Å². The topological polar surface area (TPSA) is 90.0 Å². The number of rotatable bonds is 7. The number of nitrogens with zero attached hydrogens (tertiary/aromatic N) is 3. The van der Waals surface area contributed by atoms with Crippen molar-refractivity contribution in [2.24, 2.45) is 0 Å². The van der Waals surface area contributed by atoms with Crippen LogP contribution in [0.3, 0.4) is 0 Å². The van der Waals surface area contributed by atoms with Crippen LogP contribution >= 0.6 is 0 Å². The van der Waals surface area contributed by atoms with E-state index in [1.165, 1.54) is 16.4 Å². The van der Waals surface area contributed by atoms with E-state index in [1.807, 2.05) is 23.1 Å². The first-order chi connectivity index (χ1) is 15.9. The monoisotopic (exact) mass is 470 g/mol. The molecular weight excluding hydrogens is 440 g/mol. The Morgan fingerprint density at radius 2 is 1.55 bits per heavy atom. The maximum Gasteiger partial charge on any atom is 0.251 e. The second kappa shape index (κ2) is 10.4. The minimum atomic E-state index is -3.58. The first-order valence-electron chi connectivity index (χ1n) is 11.4. The third-order valence-electron chi connectivity index (χ3n) is 6.18. The highest BCUT2D eigenvalue weighted by Crippen LogP contribution is 2.21. The van der Waals surface area contributed by atoms with Crippen molar-refractivity contribution >= 4 is 27.5 Å². The molecule has 2 aromatic carbocycles. The van der Waals surface area contributed by atoms with E-state index in [-0.39, 0.29) is 35.2 Å². The first-order valence-corrected chi connectivity index (χ1v) is 12.9. The number of sulfonamides is 1. The molecule has 2 fully saturated rings. The quantitative estimate of drug-likeness (QED) is 0.668. The van der Waals surface area contributed by atoms with Crippen LogP contribution in [0.25, 0.3) is 0 Å². The molecule has 4 rings (SSSR count). The number of carbonyl (C=O) groups excluding carboxylic acids is 2. The molecule has 2 aliphatic heterocycles. The van der Waals surface area contributed by atoms with Crippen molar-refractivity contribution < 1.29 is 18.0 Å². The Hall–Kier alpha value is -2.91. The van der Waals surface area contributed by atoms with Crippen molar-refractivity contribution in [1.82, 2.24) is 14.5 Å². The standard InChI is InChI=1S/C24H30N4O4S/c29-23(27-17-15-26(16-18-27)21-8-2-1-3-9-21)11-12-25-24(30)20-7-6-10-22(19-20)33(31,32)28-13-4-5-14-28/h1-3,6-10,19H,4-5,11-18H2,(H,25,30). The normalized spacial score (nSPS) is 17.2. The zero-order chi connectivity index (χ0) is 23.3. The predicted octanol–water partition coefficient (Wildman–Crippen LogP) is 1.94. The summed E-state index contributed by atoms with van der Waals surface area (Å²) in [5.74, 6) is -0.372. The number of piperazine rings is 1. The lowest BCUT2D eigenvalue weighted by atomic mass is 10.2. The minimum absolute atomic E-state index is 0.00775. The van der Waals surface area contributed by atoms with E-state index in [0.717, 1.165) is 31.6 Å². The van der Waals surface area contributed by atoms with Crippen molar-refractivity contribution in [2.75, 3.05) is 50.7 Å². The van der Waals surface area contributed by atoms with Crippen LogP contribution in [0.5, 0.6) is 0 Å². The van der Waals surface area contributed by atoms with Gasteiger partial charge in [-0.05, 0) is 43.2 Å². The smallest absolute Gasteiger partial charge is 0.251 e. The minimum Gasteiger partial charge on any atom is -0.368 e. The molecule has 0 saturated carbocycles. The Balaban J connectivity index is 1.25. The molecule has 2 aromatic rings. The maximum absolute atomic E-state index is 12.7. The number of benzene rings is 2. The van der Waals surface area contributed by atoms with E-state index in [4.69, 9.17) is 0 Å². The van der Waals surface area contributed by atoms with E-state index in [2.05, 4.69) is 22.3 Å². The third-order valence-corrected chi connectivity index (χ3v) is 8.07. The fourth-order valence-corrected chi connectivity index (χ4v) is 5.83. The van der Waals surface area contributed by atoms with Gasteiger partial charge >= 0.3 is 0 Å². The highest BCUT2D eigenvalue weighted by Gasteiger charge is 2.27. The molecule has 0 atom stereocenters. The lowest BCUT2D eigenvalue weighted by molar-refractivity contribution is -0.131. The van der Waals surface area contributed by atoms with Gasteiger partial charge in [-0.1, -0.05) is 24.3 Å². The molecule has 2 aliphatic rings. The van der Waals surface area contributed by atoms with Gasteiger partial charge in [-0.15, -0.1) is 0 Å². The molecule has 9 heteroatoms. The van der Waals surface area contributed by atoms with Crippen LogP contribution in [-0.4, -0.2) is 75.3 Å². The second-order valence-electron chi connectivity index (χ2n) is 8.35. The summed E-state index contributed by atoms with van der Waals surface area (Å²) >= 11 is 0. The molecule has 33 heavy (non-hydrogen) atoms. The average Bonchev–Trinajstić information content (AvgIpc) is 3.41. The Kier molecular flexibility index (Phi) is 7.29. The number of hydrogen-bond acceptors (Lipinski definition) is 5. The first kappa shape index (κ1) is 23.3. The summed E-state index contributed by atoms with van der Waals surface area (Å²) in [4.78, 5) is 29.3. The van der Waals surface area contributed by atoms with Crippen molar-refractivity contribution in [1.29, 1.82) is 0 Å². The molecule has 0 aliphatic carbocycles. The molecule has 1 N–H and O–H groups in total. The van der Waals surface area contributed by atoms with Crippen LogP contribution in [0.1, 0.15) is 29.6 Å². The summed E-state index contributed by atoms with van der Waals surface area (Å²) in [6.07, 6.45) is 1.92. The SMILES string of the molecule is O=C(NCCC(=O)N1CCN(c2ccccc2)CC1)c1cccc(S(=O)(=O)N2CCCC2)c1. The van der Waals surface area contributed by atoms with Gasteiger partial charge in [0.2, 0.25) is 15.9 Å². The zero-order valence-corrected chi connectivity index (χ0v) is 19.5. The number of anilines is 1. The predicted molar refractivity (Wildman–Crippen MR) is 127 cm³/mol. The molecule has 0 aromatic heterocycles. The largest absolute Gasteiger partial charge is 0.368 e. The number of hydrogen-bond donors (Lipinski definition) is 1. The zero-order valence-electron chi connectivity index (χ0n) is 18.7. The van der Waals surface area contributed by atoms with Crippen LogP contribution in [-0.2, 0) is 14.8 Å². The van der Waals surface area contributed by atoms with Crippen molar-refractivity contribution in [3.63, 3.8) is 0 Å². The molecule has 2 amide bonds. The van der Waals surface area contributed by atoms with Gasteiger partial charge in [0, 0.05) is 63.5 Å². The number of para-hydroxylation sites is 1. The van der Waals surface area contributed by atoms with Gasteiger partial charge < -0.3 is 15.1 Å². The van der Waals surface area contributed by atoms with Crippen LogP contribution in [0, 0.1) is 0 Å². The van der Waals surface area contributed by atoms with Crippen molar-refractivity contribution in [3.8, 4) is 0 Å². The third kappa shape index (κ3) is 5.54. The number of amides is 2. The van der Waals surface area contributed by atoms with Crippen LogP contribution in [0.15, 0.2) is 59.5 Å². The van der Waals surface area contributed by atoms with Crippen LogP contribution in [0.4, 0.5) is 5.69 Å². The Bertz CT molecular complexity index is 1080. The molecule has 0 spiro atoms. The molecule has 0 bridgehead atoms. The van der Waals surface area contributed by atoms with Gasteiger partial charge in [0.25, 0.3) is 5.91 Å². The number of carbonyl (C=O) groups is 2. The fraction of sp³-hybridized carbons (Fsp3) is 0.417. The summed E-state index contributed by atoms with van der Waals surface area (Å²) in [7, 11) is -3.58. The van der Waals surface area contributed by atoms with E-state index >= 15 is 0 Å². The van der Waals surface area contributed by atoms with E-state index < -0.39 is 10.0 Å². The molecule has 176 valence electrons. The van der Waals surface area contributed by atoms with Crippen molar-refractivity contribution in [2.45, 2.75) is 24.2 Å². The summed E-state index contributed by atoms with van der Waals surface area (Å²) in [6.45, 7) is 4.09. The second-order valence-corrected chi connectivity index (χ2v) is 10.3. The highest BCUT2D eigenvalue weighted by molar-refractivity contribution is 7.89. The van der Waals surface area contributed by atoms with E-state index in [0.29, 0.717) is 26.2 Å². The van der Waals surface area contributed by atoms with Gasteiger partial charge in [0.15, 0.2) is 0 Å². The molecule has 0 unspecified atom stereocenters. The number of nitrogens with one attached hydrogen (secondary N) is 1. The van der Waals surface area contributed by atoms with Crippen molar-refractivity contribution in [3.05, 3.63) is 60.2 Å². The summed E-state index contributed by atoms with van der Waals surface area (Å²) in [5.41, 5.74) is 1.44. The molecule has 2 heterocycles. The highest BCUT2D eigenvalue weighted by atomic mass is 32.2.